The number of carbonyl (C=O) groups excluding carboxylic acids is 2. The SMILES string of the molecule is CNC(=O)c1cc(-c2ccc(OC)c(CN(C(=O)c3sc4c(F)ccc(F)c4c3Cl)C3CCC(N(C)C(=O)O)CC3)c2)ccn1. The first-order chi connectivity index (χ1) is 21.5. The summed E-state index contributed by atoms with van der Waals surface area (Å²) in [4.78, 5) is 45.1. The Labute approximate surface area is 267 Å². The van der Waals surface area contributed by atoms with Gasteiger partial charge in [-0.05, 0) is 73.2 Å². The van der Waals surface area contributed by atoms with Crippen molar-refractivity contribution in [1.29, 1.82) is 0 Å². The number of nitrogens with zero attached hydrogens (tertiary/aromatic N) is 3. The largest absolute Gasteiger partial charge is 0.496 e. The van der Waals surface area contributed by atoms with E-state index in [9.17, 15) is 28.3 Å². The molecule has 1 fully saturated rings. The van der Waals surface area contributed by atoms with Gasteiger partial charge in [-0.25, -0.2) is 13.6 Å². The van der Waals surface area contributed by atoms with E-state index in [1.165, 1.54) is 32.3 Å². The maximum absolute atomic E-state index is 14.7. The number of nitrogens with one attached hydrogen (secondary N) is 1. The fourth-order valence-electron chi connectivity index (χ4n) is 5.77. The number of aromatic nitrogens is 1. The van der Waals surface area contributed by atoms with E-state index in [-0.39, 0.29) is 50.2 Å². The van der Waals surface area contributed by atoms with Crippen molar-refractivity contribution in [1.82, 2.24) is 20.1 Å². The summed E-state index contributed by atoms with van der Waals surface area (Å²) in [6.45, 7) is 0.0723. The van der Waals surface area contributed by atoms with Gasteiger partial charge in [0.1, 0.15) is 28.0 Å². The molecule has 0 radical (unpaired) electrons. The number of thiophene rings is 1. The fourth-order valence-corrected chi connectivity index (χ4v) is 7.28. The van der Waals surface area contributed by atoms with Gasteiger partial charge in [-0.15, -0.1) is 11.3 Å². The Bertz CT molecular complexity index is 1780. The molecule has 0 unspecified atom stereocenters. The molecule has 2 heterocycles. The van der Waals surface area contributed by atoms with E-state index in [1.54, 1.807) is 23.1 Å². The summed E-state index contributed by atoms with van der Waals surface area (Å²) < 4.78 is 35.0. The van der Waals surface area contributed by atoms with Crippen molar-refractivity contribution < 1.29 is 33.0 Å². The zero-order chi connectivity index (χ0) is 32.4. The standard InChI is InChI=1S/C32H31ClF2N4O5S/c1-36-30(40)24-15-18(12-13-37-24)17-4-11-25(44-3)19(14-17)16-39(21-7-5-20(6-8-21)38(2)32(42)43)31(41)29-27(33)26-22(34)9-10-23(35)28(26)45-29/h4,9-15,20-21H,5-8,16H2,1-3H3,(H,36,40)(H,42,43). The van der Waals surface area contributed by atoms with Gasteiger partial charge in [0.15, 0.2) is 0 Å². The molecule has 0 spiro atoms. The van der Waals surface area contributed by atoms with Crippen LogP contribution in [-0.2, 0) is 6.54 Å². The predicted octanol–water partition coefficient (Wildman–Crippen LogP) is 6.83. The number of benzene rings is 2. The monoisotopic (exact) mass is 656 g/mol. The number of carboxylic acid groups (broad SMARTS) is 1. The second-order valence-electron chi connectivity index (χ2n) is 10.8. The van der Waals surface area contributed by atoms with Crippen molar-refractivity contribution in [2.75, 3.05) is 21.2 Å². The fraction of sp³-hybridized carbons (Fsp3) is 0.312. The number of amides is 3. The maximum atomic E-state index is 14.7. The van der Waals surface area contributed by atoms with E-state index in [0.29, 0.717) is 37.0 Å². The average molecular weight is 657 g/mol. The highest BCUT2D eigenvalue weighted by atomic mass is 35.5. The summed E-state index contributed by atoms with van der Waals surface area (Å²) in [5.74, 6) is -1.72. The summed E-state index contributed by atoms with van der Waals surface area (Å²) >= 11 is 7.35. The minimum absolute atomic E-state index is 0.0138. The minimum atomic E-state index is -1.02. The number of methoxy groups -OCH3 is 1. The van der Waals surface area contributed by atoms with Gasteiger partial charge in [0, 0.05) is 44.5 Å². The minimum Gasteiger partial charge on any atom is -0.496 e. The summed E-state index contributed by atoms with van der Waals surface area (Å²) in [6, 6.07) is 10.3. The molecule has 2 N–H and O–H groups in total. The number of pyridine rings is 1. The van der Waals surface area contributed by atoms with Gasteiger partial charge >= 0.3 is 6.09 Å². The van der Waals surface area contributed by atoms with Crippen LogP contribution in [0.25, 0.3) is 21.2 Å². The molecular formula is C32H31ClF2N4O5S. The van der Waals surface area contributed by atoms with Crippen molar-refractivity contribution in [3.05, 3.63) is 81.5 Å². The van der Waals surface area contributed by atoms with E-state index in [2.05, 4.69) is 10.3 Å². The van der Waals surface area contributed by atoms with Gasteiger partial charge in [-0.1, -0.05) is 17.7 Å². The molecule has 1 saturated carbocycles. The number of ether oxygens (including phenoxy) is 1. The normalized spacial score (nSPS) is 16.3. The summed E-state index contributed by atoms with van der Waals surface area (Å²) in [6.07, 6.45) is 2.56. The van der Waals surface area contributed by atoms with Crippen LogP contribution in [0.2, 0.25) is 5.02 Å². The first-order valence-corrected chi connectivity index (χ1v) is 15.4. The van der Waals surface area contributed by atoms with Crippen LogP contribution in [0.1, 0.15) is 51.4 Å². The molecule has 45 heavy (non-hydrogen) atoms. The molecule has 2 aromatic carbocycles. The van der Waals surface area contributed by atoms with Gasteiger partial charge < -0.3 is 25.0 Å². The van der Waals surface area contributed by atoms with Crippen LogP contribution in [0.5, 0.6) is 5.75 Å². The molecular weight excluding hydrogens is 626 g/mol. The number of hydrogen-bond acceptors (Lipinski definition) is 6. The molecule has 13 heteroatoms. The van der Waals surface area contributed by atoms with Gasteiger partial charge in [-0.3, -0.25) is 14.6 Å². The molecule has 5 rings (SSSR count). The molecule has 0 aliphatic heterocycles. The lowest BCUT2D eigenvalue weighted by Gasteiger charge is -2.39. The quantitative estimate of drug-likeness (QED) is 0.215. The average Bonchev–Trinajstić information content (AvgIpc) is 3.42. The maximum Gasteiger partial charge on any atom is 0.407 e. The Morgan fingerprint density at radius 3 is 2.36 bits per heavy atom. The van der Waals surface area contributed by atoms with Crippen molar-refractivity contribution in [3.8, 4) is 16.9 Å². The third-order valence-corrected chi connectivity index (χ3v) is 9.94. The highest BCUT2D eigenvalue weighted by Gasteiger charge is 2.35. The van der Waals surface area contributed by atoms with Crippen LogP contribution in [-0.4, -0.2) is 71.1 Å². The second kappa shape index (κ2) is 13.4. The molecule has 1 aliphatic carbocycles. The molecule has 236 valence electrons. The predicted molar refractivity (Wildman–Crippen MR) is 168 cm³/mol. The van der Waals surface area contributed by atoms with E-state index in [4.69, 9.17) is 16.3 Å². The third kappa shape index (κ3) is 6.43. The van der Waals surface area contributed by atoms with Gasteiger partial charge in [-0.2, -0.15) is 0 Å². The molecule has 0 bridgehead atoms. The zero-order valence-electron chi connectivity index (χ0n) is 24.8. The number of carbonyl (C=O) groups is 3. The number of fused-ring (bicyclic) bond motifs is 1. The van der Waals surface area contributed by atoms with Crippen LogP contribution in [0.3, 0.4) is 0 Å². The van der Waals surface area contributed by atoms with Crippen molar-refractivity contribution in [3.63, 3.8) is 0 Å². The number of hydrogen-bond donors (Lipinski definition) is 2. The first kappa shape index (κ1) is 32.1. The van der Waals surface area contributed by atoms with Gasteiger partial charge in [0.25, 0.3) is 11.8 Å². The lowest BCUT2D eigenvalue weighted by atomic mass is 9.89. The van der Waals surface area contributed by atoms with E-state index < -0.39 is 23.6 Å². The van der Waals surface area contributed by atoms with Crippen molar-refractivity contribution >= 4 is 50.9 Å². The van der Waals surface area contributed by atoms with Crippen LogP contribution >= 0.6 is 22.9 Å². The Morgan fingerprint density at radius 2 is 1.71 bits per heavy atom. The van der Waals surface area contributed by atoms with E-state index in [0.717, 1.165) is 34.6 Å². The lowest BCUT2D eigenvalue weighted by molar-refractivity contribution is 0.0555. The first-order valence-electron chi connectivity index (χ1n) is 14.2. The number of rotatable bonds is 8. The molecule has 3 amide bonds. The Balaban J connectivity index is 1.55. The van der Waals surface area contributed by atoms with Crippen LogP contribution < -0.4 is 10.1 Å². The third-order valence-electron chi connectivity index (χ3n) is 8.27. The summed E-state index contributed by atoms with van der Waals surface area (Å²) in [5, 5.41) is 11.7. The smallest absolute Gasteiger partial charge is 0.407 e. The highest BCUT2D eigenvalue weighted by Crippen LogP contribution is 2.41. The van der Waals surface area contributed by atoms with Crippen LogP contribution in [0.4, 0.5) is 13.6 Å². The number of halogens is 3. The molecule has 0 saturated heterocycles. The summed E-state index contributed by atoms with van der Waals surface area (Å²) in [5.41, 5.74) is 2.37. The molecule has 9 nitrogen and oxygen atoms in total. The van der Waals surface area contributed by atoms with Crippen LogP contribution in [0, 0.1) is 11.6 Å². The van der Waals surface area contributed by atoms with E-state index >= 15 is 0 Å². The van der Waals surface area contributed by atoms with Crippen molar-refractivity contribution in [2.45, 2.75) is 44.3 Å². The van der Waals surface area contributed by atoms with E-state index in [1.807, 2.05) is 12.1 Å². The molecule has 2 aromatic heterocycles. The van der Waals surface area contributed by atoms with Gasteiger partial charge in [0.05, 0.1) is 22.2 Å². The summed E-state index contributed by atoms with van der Waals surface area (Å²) in [7, 11) is 4.57. The Kier molecular flexibility index (Phi) is 9.54. The highest BCUT2D eigenvalue weighted by molar-refractivity contribution is 7.21. The zero-order valence-corrected chi connectivity index (χ0v) is 26.3. The molecule has 0 atom stereocenters. The van der Waals surface area contributed by atoms with Gasteiger partial charge in [0.2, 0.25) is 0 Å². The second-order valence-corrected chi connectivity index (χ2v) is 12.2. The molecule has 4 aromatic rings. The topological polar surface area (TPSA) is 112 Å². The van der Waals surface area contributed by atoms with Crippen molar-refractivity contribution in [2.24, 2.45) is 0 Å². The Hall–Kier alpha value is -4.29. The molecule has 1 aliphatic rings. The lowest BCUT2D eigenvalue weighted by Crippen LogP contribution is -2.46. The Morgan fingerprint density at radius 1 is 1.04 bits per heavy atom. The van der Waals surface area contributed by atoms with Crippen LogP contribution in [0.15, 0.2) is 48.7 Å².